The van der Waals surface area contributed by atoms with Crippen LogP contribution in [-0.4, -0.2) is 9.13 Å². The number of hydrogen-bond donors (Lipinski definition) is 0. The first-order chi connectivity index (χ1) is 33.6. The number of para-hydroxylation sites is 2. The lowest BCUT2D eigenvalue weighted by Gasteiger charge is -2.20. The third-order valence-electron chi connectivity index (χ3n) is 13.1. The van der Waals surface area contributed by atoms with Gasteiger partial charge in [0.15, 0.2) is 0 Å². The average molecular weight is 875 g/mol. The lowest BCUT2D eigenvalue weighted by atomic mass is 9.84. The second-order valence-corrected chi connectivity index (χ2v) is 16.8. The van der Waals surface area contributed by atoms with Gasteiger partial charge in [0.2, 0.25) is 0 Å². The molecule has 2 nitrogen and oxygen atoms in total. The van der Waals surface area contributed by atoms with Crippen LogP contribution < -0.4 is 0 Å². The summed E-state index contributed by atoms with van der Waals surface area (Å²) < 4.78 is 4.66. The molecule has 328 valence electrons. The maximum absolute atomic E-state index is 4.27. The molecule has 2 heteroatoms. The highest BCUT2D eigenvalue weighted by atomic mass is 15.0. The van der Waals surface area contributed by atoms with E-state index in [0.717, 1.165) is 28.1 Å². The molecule has 0 amide bonds. The molecule has 0 saturated heterocycles. The molecule has 11 rings (SSSR count). The number of allylic oxidation sites excluding steroid dienone is 6. The van der Waals surface area contributed by atoms with Crippen molar-refractivity contribution >= 4 is 72.1 Å². The first-order valence-corrected chi connectivity index (χ1v) is 23.7. The molecule has 0 atom stereocenters. The molecular formula is C66H54N2. The van der Waals surface area contributed by atoms with E-state index in [4.69, 9.17) is 0 Å². The van der Waals surface area contributed by atoms with Gasteiger partial charge < -0.3 is 9.13 Å². The van der Waals surface area contributed by atoms with Crippen LogP contribution in [0.1, 0.15) is 39.0 Å². The Bertz CT molecular complexity index is 3780. The summed E-state index contributed by atoms with van der Waals surface area (Å²) in [6.07, 6.45) is 14.5. The Morgan fingerprint density at radius 2 is 0.912 bits per heavy atom. The second-order valence-electron chi connectivity index (χ2n) is 16.8. The zero-order chi connectivity index (χ0) is 46.7. The Hall–Kier alpha value is -8.46. The number of rotatable bonds is 10. The molecule has 0 fully saturated rings. The van der Waals surface area contributed by atoms with Gasteiger partial charge in [-0.2, -0.15) is 0 Å². The standard InChI is InChI=1S/C64H48N2.C2H6/c1-5-20-49(21-6-2)66-60-30-19-18-29-52(60)56-40-48(34-38-62(56)66)46-32-36-54-58(42-46)64(44-25-14-10-15-26-44)53-35-31-45(41-57(53)63(54)43-23-12-9-13-24-43)47-33-37-61-55(39-47)51(22-7-3)59(8-4)65(61)50-27-16-11-17-28-50;1-2/h5-42H,1,4H2,2-3H3;1-2H3/b21-6-,22-7-,49-20+;. The van der Waals surface area contributed by atoms with Crippen LogP contribution in [0.2, 0.25) is 0 Å². The quantitative estimate of drug-likeness (QED) is 0.0957. The number of aromatic nitrogens is 2. The Labute approximate surface area is 400 Å². The molecule has 2 heterocycles. The van der Waals surface area contributed by atoms with Gasteiger partial charge in [-0.05, 0) is 153 Å². The molecule has 0 aliphatic carbocycles. The van der Waals surface area contributed by atoms with Crippen LogP contribution in [0, 0.1) is 0 Å². The Balaban J connectivity index is 0.00000266. The van der Waals surface area contributed by atoms with Gasteiger partial charge in [0.25, 0.3) is 0 Å². The van der Waals surface area contributed by atoms with Crippen molar-refractivity contribution in [1.29, 1.82) is 0 Å². The molecule has 11 aromatic rings. The number of nitrogens with zero attached hydrogens (tertiary/aromatic N) is 2. The lowest BCUT2D eigenvalue weighted by molar-refractivity contribution is 1.11. The summed E-state index contributed by atoms with van der Waals surface area (Å²) in [6, 6.07) is 69.1. The minimum atomic E-state index is 1.08. The molecule has 0 radical (unpaired) electrons. The number of benzene rings is 9. The molecule has 0 unspecified atom stereocenters. The van der Waals surface area contributed by atoms with Gasteiger partial charge in [-0.25, -0.2) is 0 Å². The highest BCUT2D eigenvalue weighted by molar-refractivity contribution is 6.23. The third kappa shape index (κ3) is 7.41. The van der Waals surface area contributed by atoms with Crippen molar-refractivity contribution < 1.29 is 0 Å². The zero-order valence-electron chi connectivity index (χ0n) is 39.2. The van der Waals surface area contributed by atoms with Gasteiger partial charge in [0.05, 0.1) is 22.2 Å². The first kappa shape index (κ1) is 43.4. The van der Waals surface area contributed by atoms with E-state index < -0.39 is 0 Å². The fourth-order valence-electron chi connectivity index (χ4n) is 10.3. The Morgan fingerprint density at radius 1 is 0.426 bits per heavy atom. The predicted octanol–water partition coefficient (Wildman–Crippen LogP) is 19.0. The SMILES string of the molecule is C=C/C=C(\C=C/C)n1c2ccccc2c2cc(-c3ccc4c(-c5ccccc5)c5cc(-c6ccc7c(c6)c(/C=C\C)c(C=C)n7-c6ccccc6)ccc5c(-c5ccccc5)c4c3)ccc21.CC. The summed E-state index contributed by atoms with van der Waals surface area (Å²) in [7, 11) is 0. The van der Waals surface area contributed by atoms with Crippen LogP contribution in [0.3, 0.4) is 0 Å². The second kappa shape index (κ2) is 18.8. The maximum Gasteiger partial charge on any atom is 0.0541 e. The molecule has 0 aliphatic rings. The highest BCUT2D eigenvalue weighted by Crippen LogP contribution is 2.47. The van der Waals surface area contributed by atoms with Gasteiger partial charge >= 0.3 is 0 Å². The number of hydrogen-bond acceptors (Lipinski definition) is 0. The summed E-state index contributed by atoms with van der Waals surface area (Å²) in [4.78, 5) is 0. The van der Waals surface area contributed by atoms with E-state index in [-0.39, 0.29) is 0 Å². The summed E-state index contributed by atoms with van der Waals surface area (Å²) in [5.41, 5.74) is 17.5. The van der Waals surface area contributed by atoms with E-state index in [0.29, 0.717) is 0 Å². The first-order valence-electron chi connectivity index (χ1n) is 23.7. The Kier molecular flexibility index (Phi) is 12.0. The minimum absolute atomic E-state index is 1.08. The van der Waals surface area contributed by atoms with Crippen LogP contribution in [0.5, 0.6) is 0 Å². The van der Waals surface area contributed by atoms with Crippen molar-refractivity contribution in [3.63, 3.8) is 0 Å². The van der Waals surface area contributed by atoms with E-state index in [2.05, 4.69) is 255 Å². The van der Waals surface area contributed by atoms with Gasteiger partial charge in [0, 0.05) is 33.1 Å². The smallest absolute Gasteiger partial charge is 0.0541 e. The van der Waals surface area contributed by atoms with Crippen LogP contribution >= 0.6 is 0 Å². The zero-order valence-corrected chi connectivity index (χ0v) is 39.2. The molecule has 0 spiro atoms. The van der Waals surface area contributed by atoms with Crippen LogP contribution in [-0.2, 0) is 0 Å². The van der Waals surface area contributed by atoms with Crippen LogP contribution in [0.4, 0.5) is 0 Å². The predicted molar refractivity (Wildman–Crippen MR) is 298 cm³/mol. The van der Waals surface area contributed by atoms with Crippen molar-refractivity contribution in [1.82, 2.24) is 9.13 Å². The fourth-order valence-corrected chi connectivity index (χ4v) is 10.3. The van der Waals surface area contributed by atoms with Gasteiger partial charge in [-0.3, -0.25) is 0 Å². The summed E-state index contributed by atoms with van der Waals surface area (Å²) >= 11 is 0. The number of fused-ring (bicyclic) bond motifs is 6. The van der Waals surface area contributed by atoms with Gasteiger partial charge in [0.1, 0.15) is 0 Å². The topological polar surface area (TPSA) is 9.86 Å². The van der Waals surface area contributed by atoms with Gasteiger partial charge in [-0.15, -0.1) is 0 Å². The molecule has 0 saturated carbocycles. The Morgan fingerprint density at radius 3 is 1.46 bits per heavy atom. The summed E-state index contributed by atoms with van der Waals surface area (Å²) in [5, 5.41) is 8.52. The largest absolute Gasteiger partial charge is 0.309 e. The maximum atomic E-state index is 4.27. The molecule has 9 aromatic carbocycles. The fraction of sp³-hybridized carbons (Fsp3) is 0.0606. The summed E-state index contributed by atoms with van der Waals surface area (Å²) in [6.45, 7) is 16.4. The van der Waals surface area contributed by atoms with E-state index in [1.54, 1.807) is 0 Å². The molecule has 0 bridgehead atoms. The monoisotopic (exact) mass is 874 g/mol. The normalized spacial score (nSPS) is 11.9. The van der Waals surface area contributed by atoms with Crippen LogP contribution in [0.15, 0.2) is 232 Å². The van der Waals surface area contributed by atoms with E-state index in [1.807, 2.05) is 26.0 Å². The molecule has 2 aromatic heterocycles. The molecule has 68 heavy (non-hydrogen) atoms. The molecule has 0 N–H and O–H groups in total. The van der Waals surface area contributed by atoms with Crippen molar-refractivity contribution in [2.45, 2.75) is 27.7 Å². The van der Waals surface area contributed by atoms with Crippen molar-refractivity contribution in [3.05, 3.63) is 243 Å². The molecular weight excluding hydrogens is 821 g/mol. The third-order valence-corrected chi connectivity index (χ3v) is 13.1. The van der Waals surface area contributed by atoms with Crippen molar-refractivity contribution in [2.24, 2.45) is 0 Å². The minimum Gasteiger partial charge on any atom is -0.309 e. The molecule has 0 aliphatic heterocycles. The van der Waals surface area contributed by atoms with E-state index in [9.17, 15) is 0 Å². The highest BCUT2D eigenvalue weighted by Gasteiger charge is 2.21. The van der Waals surface area contributed by atoms with E-state index in [1.165, 1.54) is 93.3 Å². The summed E-state index contributed by atoms with van der Waals surface area (Å²) in [5.74, 6) is 0. The lowest BCUT2D eigenvalue weighted by Crippen LogP contribution is -1.96. The average Bonchev–Trinajstić information content (AvgIpc) is 3.90. The van der Waals surface area contributed by atoms with E-state index >= 15 is 0 Å². The van der Waals surface area contributed by atoms with Crippen LogP contribution in [0.25, 0.3) is 122 Å². The van der Waals surface area contributed by atoms with Crippen molar-refractivity contribution in [3.8, 4) is 50.2 Å². The van der Waals surface area contributed by atoms with Crippen molar-refractivity contribution in [2.75, 3.05) is 0 Å². The van der Waals surface area contributed by atoms with Gasteiger partial charge in [-0.1, -0.05) is 185 Å².